The van der Waals surface area contributed by atoms with E-state index in [0.29, 0.717) is 0 Å². The Balaban J connectivity index is 1.70. The Bertz CT molecular complexity index is 1170. The first-order valence-electron chi connectivity index (χ1n) is 9.46. The van der Waals surface area contributed by atoms with Crippen molar-refractivity contribution in [1.29, 1.82) is 0 Å². The maximum atomic E-state index is 11.2. The molecule has 0 aliphatic carbocycles. The van der Waals surface area contributed by atoms with Gasteiger partial charge in [-0.2, -0.15) is 0 Å². The summed E-state index contributed by atoms with van der Waals surface area (Å²) >= 11 is 3.34. The molecule has 0 unspecified atom stereocenters. The van der Waals surface area contributed by atoms with Crippen molar-refractivity contribution in [3.63, 3.8) is 0 Å². The van der Waals surface area contributed by atoms with Crippen LogP contribution in [0.4, 0.5) is 0 Å². The first-order valence-corrected chi connectivity index (χ1v) is 11.3. The lowest BCUT2D eigenvalue weighted by Crippen LogP contribution is -1.95. The van der Waals surface area contributed by atoms with Gasteiger partial charge in [-0.1, -0.05) is 54.2 Å². The monoisotopic (exact) mass is 432 g/mol. The van der Waals surface area contributed by atoms with Gasteiger partial charge >= 0.3 is 5.97 Å². The third kappa shape index (κ3) is 4.61. The molecule has 0 fully saturated rings. The zero-order valence-electron chi connectivity index (χ0n) is 16.6. The van der Waals surface area contributed by atoms with Crippen molar-refractivity contribution in [1.82, 2.24) is 9.97 Å². The second-order valence-electron chi connectivity index (χ2n) is 6.94. The quantitative estimate of drug-likeness (QED) is 0.279. The highest BCUT2D eigenvalue weighted by Gasteiger charge is 2.14. The average molecular weight is 433 g/mol. The van der Waals surface area contributed by atoms with Gasteiger partial charge in [0.15, 0.2) is 5.16 Å². The number of thiophene rings is 1. The molecule has 2 aromatic carbocycles. The maximum absolute atomic E-state index is 11.2. The minimum atomic E-state index is -0.916. The molecule has 2 aromatic heterocycles. The van der Waals surface area contributed by atoms with Gasteiger partial charge < -0.3 is 5.11 Å². The van der Waals surface area contributed by atoms with Crippen LogP contribution in [0.15, 0.2) is 71.9 Å². The van der Waals surface area contributed by atoms with E-state index in [9.17, 15) is 9.90 Å². The van der Waals surface area contributed by atoms with Gasteiger partial charge in [0.05, 0.1) is 5.56 Å². The van der Waals surface area contributed by atoms with Gasteiger partial charge in [-0.15, -0.1) is 11.3 Å². The molecule has 0 aliphatic rings. The molecular weight excluding hydrogens is 412 g/mol. The fraction of sp³-hybridized carbons (Fsp3) is 0.125. The summed E-state index contributed by atoms with van der Waals surface area (Å²) in [4.78, 5) is 22.6. The molecule has 0 radical (unpaired) electrons. The van der Waals surface area contributed by atoms with E-state index in [-0.39, 0.29) is 5.56 Å². The molecule has 4 aromatic rings. The summed E-state index contributed by atoms with van der Waals surface area (Å²) in [5.41, 5.74) is 5.59. The Morgan fingerprint density at radius 3 is 2.23 bits per heavy atom. The predicted octanol–water partition coefficient (Wildman–Crippen LogP) is 6.48. The van der Waals surface area contributed by atoms with E-state index in [1.54, 1.807) is 35.2 Å². The number of aryl methyl sites for hydroxylation is 2. The van der Waals surface area contributed by atoms with Gasteiger partial charge in [-0.05, 0) is 54.8 Å². The molecule has 2 heterocycles. The molecule has 0 bridgehead atoms. The van der Waals surface area contributed by atoms with Crippen LogP contribution in [0.3, 0.4) is 0 Å². The highest BCUT2D eigenvalue weighted by atomic mass is 32.2. The number of thioether (sulfide) groups is 1. The Morgan fingerprint density at radius 2 is 1.60 bits per heavy atom. The minimum absolute atomic E-state index is 0.290. The van der Waals surface area contributed by atoms with Crippen LogP contribution >= 0.6 is 23.1 Å². The van der Waals surface area contributed by atoms with Crippen molar-refractivity contribution in [2.45, 2.75) is 24.8 Å². The number of aromatic nitrogens is 2. The largest absolute Gasteiger partial charge is 0.478 e. The topological polar surface area (TPSA) is 63.1 Å². The fourth-order valence-electron chi connectivity index (χ4n) is 3.19. The Kier molecular flexibility index (Phi) is 5.97. The normalized spacial score (nSPS) is 10.9. The predicted molar refractivity (Wildman–Crippen MR) is 123 cm³/mol. The van der Waals surface area contributed by atoms with E-state index in [2.05, 4.69) is 28.2 Å². The van der Waals surface area contributed by atoms with Crippen molar-refractivity contribution >= 4 is 29.1 Å². The van der Waals surface area contributed by atoms with E-state index in [4.69, 9.17) is 0 Å². The van der Waals surface area contributed by atoms with E-state index in [1.165, 1.54) is 16.0 Å². The first kappa shape index (κ1) is 20.3. The third-order valence-corrected chi connectivity index (χ3v) is 6.75. The van der Waals surface area contributed by atoms with Crippen LogP contribution in [0.2, 0.25) is 0 Å². The van der Waals surface area contributed by atoms with Gasteiger partial charge in [-0.3, -0.25) is 0 Å². The SMILES string of the molecule is Cc1cc(C)nc(SCc2cc(-c3ccccc3)sc2-c2ccc(C(=O)O)cc2)n1. The molecule has 150 valence electrons. The Hall–Kier alpha value is -2.96. The van der Waals surface area contributed by atoms with Crippen LogP contribution in [0.5, 0.6) is 0 Å². The molecule has 0 saturated carbocycles. The molecular formula is C24H20N2O2S2. The number of carbonyl (C=O) groups is 1. The lowest BCUT2D eigenvalue weighted by Gasteiger charge is -2.05. The minimum Gasteiger partial charge on any atom is -0.478 e. The summed E-state index contributed by atoms with van der Waals surface area (Å²) in [6.07, 6.45) is 0. The zero-order valence-corrected chi connectivity index (χ0v) is 18.3. The maximum Gasteiger partial charge on any atom is 0.335 e. The van der Waals surface area contributed by atoms with Crippen LogP contribution in [0, 0.1) is 13.8 Å². The molecule has 6 heteroatoms. The van der Waals surface area contributed by atoms with Crippen LogP contribution in [0.1, 0.15) is 27.3 Å². The van der Waals surface area contributed by atoms with Crippen molar-refractivity contribution in [3.05, 3.63) is 89.2 Å². The number of hydrogen-bond acceptors (Lipinski definition) is 5. The van der Waals surface area contributed by atoms with Crippen LogP contribution < -0.4 is 0 Å². The van der Waals surface area contributed by atoms with Gasteiger partial charge in [0.25, 0.3) is 0 Å². The van der Waals surface area contributed by atoms with Gasteiger partial charge in [0, 0.05) is 26.9 Å². The second kappa shape index (κ2) is 8.81. The third-order valence-electron chi connectivity index (χ3n) is 4.58. The zero-order chi connectivity index (χ0) is 21.1. The van der Waals surface area contributed by atoms with E-state index < -0.39 is 5.97 Å². The van der Waals surface area contributed by atoms with Crippen LogP contribution in [-0.4, -0.2) is 21.0 Å². The standard InChI is InChI=1S/C24H20N2O2S2/c1-15-12-16(2)26-24(25-15)29-14-20-13-21(17-6-4-3-5-7-17)30-22(20)18-8-10-19(11-9-18)23(27)28/h3-13H,14H2,1-2H3,(H,27,28). The Morgan fingerprint density at radius 1 is 0.933 bits per heavy atom. The average Bonchev–Trinajstić information content (AvgIpc) is 3.16. The summed E-state index contributed by atoms with van der Waals surface area (Å²) in [7, 11) is 0. The highest BCUT2D eigenvalue weighted by Crippen LogP contribution is 2.40. The van der Waals surface area contributed by atoms with Gasteiger partial charge in [-0.25, -0.2) is 14.8 Å². The van der Waals surface area contributed by atoms with Gasteiger partial charge in [0.2, 0.25) is 0 Å². The van der Waals surface area contributed by atoms with E-state index in [1.807, 2.05) is 50.2 Å². The summed E-state index contributed by atoms with van der Waals surface area (Å²) < 4.78 is 0. The van der Waals surface area contributed by atoms with Crippen LogP contribution in [0.25, 0.3) is 20.9 Å². The molecule has 0 amide bonds. The second-order valence-corrected chi connectivity index (χ2v) is 8.93. The number of nitrogens with zero attached hydrogens (tertiary/aromatic N) is 2. The van der Waals surface area contributed by atoms with Crippen molar-refractivity contribution in [3.8, 4) is 20.9 Å². The number of carboxylic acids is 1. The number of rotatable bonds is 6. The highest BCUT2D eigenvalue weighted by molar-refractivity contribution is 7.98. The Labute approximate surface area is 183 Å². The lowest BCUT2D eigenvalue weighted by molar-refractivity contribution is 0.0697. The molecule has 0 aliphatic heterocycles. The molecule has 0 saturated heterocycles. The van der Waals surface area contributed by atoms with E-state index >= 15 is 0 Å². The molecule has 1 N–H and O–H groups in total. The van der Waals surface area contributed by atoms with Crippen molar-refractivity contribution < 1.29 is 9.90 Å². The molecule has 0 atom stereocenters. The molecule has 4 nitrogen and oxygen atoms in total. The summed E-state index contributed by atoms with van der Waals surface area (Å²) in [6.45, 7) is 3.96. The summed E-state index contributed by atoms with van der Waals surface area (Å²) in [5.74, 6) is -0.178. The fourth-order valence-corrected chi connectivity index (χ4v) is 5.40. The first-order chi connectivity index (χ1) is 14.5. The lowest BCUT2D eigenvalue weighted by atomic mass is 10.1. The number of carboxylic acid groups (broad SMARTS) is 1. The van der Waals surface area contributed by atoms with Crippen molar-refractivity contribution in [2.24, 2.45) is 0 Å². The smallest absolute Gasteiger partial charge is 0.335 e. The molecule has 4 rings (SSSR count). The van der Waals surface area contributed by atoms with Crippen molar-refractivity contribution in [2.75, 3.05) is 0 Å². The van der Waals surface area contributed by atoms with Crippen LogP contribution in [-0.2, 0) is 5.75 Å². The summed E-state index contributed by atoms with van der Waals surface area (Å²) in [6, 6.07) is 21.6. The van der Waals surface area contributed by atoms with Gasteiger partial charge in [0.1, 0.15) is 0 Å². The number of hydrogen-bond donors (Lipinski definition) is 1. The molecule has 0 spiro atoms. The summed E-state index contributed by atoms with van der Waals surface area (Å²) in [5, 5.41) is 9.96. The van der Waals surface area contributed by atoms with E-state index in [0.717, 1.165) is 32.7 Å². The number of benzene rings is 2. The molecule has 30 heavy (non-hydrogen) atoms. The number of aromatic carboxylic acids is 1.